The zero-order chi connectivity index (χ0) is 18.3. The van der Waals surface area contributed by atoms with Crippen LogP contribution < -0.4 is 9.80 Å². The largest absolute Gasteiger partial charge is 0.345 e. The fraction of sp³-hybridized carbons (Fsp3) is 0.250. The van der Waals surface area contributed by atoms with Crippen LogP contribution in [0.1, 0.15) is 11.1 Å². The van der Waals surface area contributed by atoms with Crippen LogP contribution in [0.2, 0.25) is 0 Å². The SMILES string of the molecule is Cc1cc(C)cc(N2CCN(c3ncnc4cc(F)ccc34)CC2=O)c1. The van der Waals surface area contributed by atoms with E-state index >= 15 is 0 Å². The van der Waals surface area contributed by atoms with Crippen molar-refractivity contribution < 1.29 is 9.18 Å². The molecule has 0 aliphatic carbocycles. The summed E-state index contributed by atoms with van der Waals surface area (Å²) in [7, 11) is 0. The highest BCUT2D eigenvalue weighted by atomic mass is 19.1. The van der Waals surface area contributed by atoms with Gasteiger partial charge in [0.05, 0.1) is 12.1 Å². The quantitative estimate of drug-likeness (QED) is 0.712. The van der Waals surface area contributed by atoms with Crippen LogP contribution in [0.4, 0.5) is 15.9 Å². The summed E-state index contributed by atoms with van der Waals surface area (Å²) in [5.74, 6) is 0.358. The number of fused-ring (bicyclic) bond motifs is 1. The van der Waals surface area contributed by atoms with E-state index in [-0.39, 0.29) is 18.3 Å². The lowest BCUT2D eigenvalue weighted by Crippen LogP contribution is -2.51. The molecule has 0 unspecified atom stereocenters. The van der Waals surface area contributed by atoms with E-state index in [1.165, 1.54) is 18.5 Å². The number of halogens is 1. The molecule has 1 aliphatic heterocycles. The summed E-state index contributed by atoms with van der Waals surface area (Å²) < 4.78 is 13.4. The van der Waals surface area contributed by atoms with E-state index in [4.69, 9.17) is 0 Å². The van der Waals surface area contributed by atoms with E-state index < -0.39 is 0 Å². The molecule has 0 radical (unpaired) electrons. The number of aromatic nitrogens is 2. The third kappa shape index (κ3) is 2.98. The number of nitrogens with zero attached hydrogens (tertiary/aromatic N) is 4. The number of carbonyl (C=O) groups excluding carboxylic acids is 1. The molecule has 1 aromatic heterocycles. The minimum Gasteiger partial charge on any atom is -0.345 e. The molecule has 1 amide bonds. The lowest BCUT2D eigenvalue weighted by Gasteiger charge is -2.35. The highest BCUT2D eigenvalue weighted by Crippen LogP contribution is 2.27. The maximum absolute atomic E-state index is 13.4. The van der Waals surface area contributed by atoms with Crippen molar-refractivity contribution in [1.82, 2.24) is 9.97 Å². The molecule has 132 valence electrons. The second-order valence-electron chi connectivity index (χ2n) is 6.67. The normalized spacial score (nSPS) is 15.0. The fourth-order valence-corrected chi connectivity index (χ4v) is 3.50. The second kappa shape index (κ2) is 6.37. The molecule has 6 heteroatoms. The van der Waals surface area contributed by atoms with E-state index in [1.807, 2.05) is 35.8 Å². The average Bonchev–Trinajstić information content (AvgIpc) is 2.60. The third-order valence-electron chi connectivity index (χ3n) is 4.62. The monoisotopic (exact) mass is 350 g/mol. The Morgan fingerprint density at radius 2 is 1.77 bits per heavy atom. The van der Waals surface area contributed by atoms with Crippen molar-refractivity contribution >= 4 is 28.3 Å². The number of aryl methyl sites for hydroxylation is 2. The first-order chi connectivity index (χ1) is 12.5. The maximum atomic E-state index is 13.4. The molecular formula is C20H19FN4O. The molecule has 1 aliphatic rings. The predicted octanol–water partition coefficient (Wildman–Crippen LogP) is 3.24. The molecule has 2 heterocycles. The van der Waals surface area contributed by atoms with Gasteiger partial charge in [0.2, 0.25) is 5.91 Å². The molecule has 3 aromatic rings. The summed E-state index contributed by atoms with van der Waals surface area (Å²) in [6, 6.07) is 10.6. The van der Waals surface area contributed by atoms with Crippen LogP contribution in [0.15, 0.2) is 42.7 Å². The van der Waals surface area contributed by atoms with Crippen LogP contribution in [0.25, 0.3) is 10.9 Å². The van der Waals surface area contributed by atoms with Crippen LogP contribution in [0, 0.1) is 19.7 Å². The van der Waals surface area contributed by atoms with E-state index in [9.17, 15) is 9.18 Å². The van der Waals surface area contributed by atoms with Gasteiger partial charge in [-0.2, -0.15) is 0 Å². The van der Waals surface area contributed by atoms with Crippen LogP contribution in [0.3, 0.4) is 0 Å². The number of hydrogen-bond acceptors (Lipinski definition) is 4. The molecule has 1 saturated heterocycles. The maximum Gasteiger partial charge on any atom is 0.246 e. The molecular weight excluding hydrogens is 331 g/mol. The van der Waals surface area contributed by atoms with Gasteiger partial charge in [-0.25, -0.2) is 14.4 Å². The fourth-order valence-electron chi connectivity index (χ4n) is 3.50. The van der Waals surface area contributed by atoms with Crippen LogP contribution in [-0.4, -0.2) is 35.5 Å². The summed E-state index contributed by atoms with van der Waals surface area (Å²) in [6.45, 7) is 5.53. The van der Waals surface area contributed by atoms with Crippen molar-refractivity contribution in [3.63, 3.8) is 0 Å². The first-order valence-electron chi connectivity index (χ1n) is 8.55. The van der Waals surface area contributed by atoms with Gasteiger partial charge in [-0.05, 0) is 49.2 Å². The molecule has 0 spiro atoms. The number of anilines is 2. The highest BCUT2D eigenvalue weighted by Gasteiger charge is 2.27. The van der Waals surface area contributed by atoms with Crippen molar-refractivity contribution in [2.45, 2.75) is 13.8 Å². The number of carbonyl (C=O) groups is 1. The first kappa shape index (κ1) is 16.4. The van der Waals surface area contributed by atoms with Crippen LogP contribution in [0.5, 0.6) is 0 Å². The molecule has 0 N–H and O–H groups in total. The Kier molecular flexibility index (Phi) is 4.03. The van der Waals surface area contributed by atoms with Crippen molar-refractivity contribution in [2.24, 2.45) is 0 Å². The lowest BCUT2D eigenvalue weighted by molar-refractivity contribution is -0.117. The Hall–Kier alpha value is -3.02. The van der Waals surface area contributed by atoms with Gasteiger partial charge in [-0.15, -0.1) is 0 Å². The molecule has 0 atom stereocenters. The molecule has 1 fully saturated rings. The van der Waals surface area contributed by atoms with Gasteiger partial charge in [0.25, 0.3) is 0 Å². The van der Waals surface area contributed by atoms with Crippen LogP contribution >= 0.6 is 0 Å². The van der Waals surface area contributed by atoms with Crippen molar-refractivity contribution in [1.29, 1.82) is 0 Å². The Morgan fingerprint density at radius 1 is 1.00 bits per heavy atom. The summed E-state index contributed by atoms with van der Waals surface area (Å²) in [6.07, 6.45) is 1.41. The van der Waals surface area contributed by atoms with Gasteiger partial charge >= 0.3 is 0 Å². The van der Waals surface area contributed by atoms with Crippen molar-refractivity contribution in [2.75, 3.05) is 29.4 Å². The first-order valence-corrected chi connectivity index (χ1v) is 8.55. The minimum atomic E-state index is -0.335. The smallest absolute Gasteiger partial charge is 0.246 e. The second-order valence-corrected chi connectivity index (χ2v) is 6.67. The van der Waals surface area contributed by atoms with Crippen molar-refractivity contribution in [3.05, 3.63) is 59.7 Å². The van der Waals surface area contributed by atoms with E-state index in [1.54, 1.807) is 6.07 Å². The molecule has 26 heavy (non-hydrogen) atoms. The summed E-state index contributed by atoms with van der Waals surface area (Å²) in [4.78, 5) is 25.0. The predicted molar refractivity (Wildman–Crippen MR) is 100.0 cm³/mol. The van der Waals surface area contributed by atoms with Gasteiger partial charge in [0.1, 0.15) is 18.0 Å². The molecule has 0 bridgehead atoms. The zero-order valence-electron chi connectivity index (χ0n) is 14.7. The summed E-state index contributed by atoms with van der Waals surface area (Å²) in [5.41, 5.74) is 3.75. The third-order valence-corrected chi connectivity index (χ3v) is 4.62. The van der Waals surface area contributed by atoms with Gasteiger partial charge in [0, 0.05) is 30.2 Å². The zero-order valence-corrected chi connectivity index (χ0v) is 14.7. The summed E-state index contributed by atoms with van der Waals surface area (Å²) >= 11 is 0. The minimum absolute atomic E-state index is 0.0233. The molecule has 4 rings (SSSR count). The highest BCUT2D eigenvalue weighted by molar-refractivity contribution is 5.99. The van der Waals surface area contributed by atoms with Gasteiger partial charge in [-0.1, -0.05) is 6.07 Å². The van der Waals surface area contributed by atoms with E-state index in [2.05, 4.69) is 16.0 Å². The number of rotatable bonds is 2. The number of benzene rings is 2. The van der Waals surface area contributed by atoms with Gasteiger partial charge in [0.15, 0.2) is 0 Å². The Morgan fingerprint density at radius 3 is 2.50 bits per heavy atom. The average molecular weight is 350 g/mol. The number of hydrogen-bond donors (Lipinski definition) is 0. The van der Waals surface area contributed by atoms with Gasteiger partial charge < -0.3 is 9.80 Å². The number of amides is 1. The molecule has 5 nitrogen and oxygen atoms in total. The van der Waals surface area contributed by atoms with Crippen LogP contribution in [-0.2, 0) is 4.79 Å². The number of piperazine rings is 1. The van der Waals surface area contributed by atoms with Crippen molar-refractivity contribution in [3.8, 4) is 0 Å². The lowest BCUT2D eigenvalue weighted by atomic mass is 10.1. The Balaban J connectivity index is 1.62. The molecule has 0 saturated carbocycles. The topological polar surface area (TPSA) is 49.3 Å². The Labute approximate surface area is 151 Å². The van der Waals surface area contributed by atoms with Gasteiger partial charge in [-0.3, -0.25) is 4.79 Å². The summed E-state index contributed by atoms with van der Waals surface area (Å²) in [5, 5.41) is 0.751. The Bertz CT molecular complexity index is 984. The van der Waals surface area contributed by atoms with E-state index in [0.29, 0.717) is 24.4 Å². The molecule has 2 aromatic carbocycles. The standard InChI is InChI=1S/C20H19FN4O/c1-13-7-14(2)9-16(8-13)25-6-5-24(11-19(25)26)20-17-4-3-15(21)10-18(17)22-12-23-20/h3-4,7-10,12H,5-6,11H2,1-2H3. The van der Waals surface area contributed by atoms with E-state index in [0.717, 1.165) is 22.2 Å².